The number of hydrogen-bond donors (Lipinski definition) is 1. The van der Waals surface area contributed by atoms with E-state index in [4.69, 9.17) is 9.47 Å². The van der Waals surface area contributed by atoms with E-state index < -0.39 is 0 Å². The van der Waals surface area contributed by atoms with E-state index in [9.17, 15) is 9.59 Å². The number of benzene rings is 1. The molecule has 2 aromatic rings. The van der Waals surface area contributed by atoms with Crippen LogP contribution in [0.15, 0.2) is 42.6 Å². The molecule has 1 saturated carbocycles. The van der Waals surface area contributed by atoms with Crippen molar-refractivity contribution >= 4 is 17.5 Å². The van der Waals surface area contributed by atoms with Crippen LogP contribution in [-0.4, -0.2) is 47.5 Å². The van der Waals surface area contributed by atoms with Gasteiger partial charge in [-0.1, -0.05) is 18.6 Å². The standard InChI is InChI=1S/C24H29N3O4/c1-17-4-2-7-21(14-17)30-16-23(28)27-12-10-20(11-13-27)31-22-9-8-19(15-25-22)26-24(29)18-5-3-6-18/h2,4,7-9,14-15,18,20H,3,5-6,10-13,16H2,1H3,(H,26,29). The Morgan fingerprint density at radius 2 is 1.94 bits per heavy atom. The zero-order valence-corrected chi connectivity index (χ0v) is 17.9. The Balaban J connectivity index is 1.19. The molecular formula is C24H29N3O4. The van der Waals surface area contributed by atoms with Crippen molar-refractivity contribution in [3.05, 3.63) is 48.2 Å². The van der Waals surface area contributed by atoms with Gasteiger partial charge in [0.1, 0.15) is 11.9 Å². The summed E-state index contributed by atoms with van der Waals surface area (Å²) in [4.78, 5) is 30.6. The molecular weight excluding hydrogens is 394 g/mol. The second-order valence-corrected chi connectivity index (χ2v) is 8.31. The summed E-state index contributed by atoms with van der Waals surface area (Å²) in [6.45, 7) is 3.31. The van der Waals surface area contributed by atoms with Crippen LogP contribution < -0.4 is 14.8 Å². The zero-order valence-electron chi connectivity index (χ0n) is 17.9. The molecule has 1 aromatic carbocycles. The van der Waals surface area contributed by atoms with Crippen LogP contribution in [-0.2, 0) is 9.59 Å². The van der Waals surface area contributed by atoms with Crippen molar-refractivity contribution in [2.45, 2.75) is 45.1 Å². The molecule has 0 bridgehead atoms. The number of carbonyl (C=O) groups is 2. The second kappa shape index (κ2) is 9.81. The third-order valence-electron chi connectivity index (χ3n) is 5.91. The van der Waals surface area contributed by atoms with Crippen LogP contribution in [0.25, 0.3) is 0 Å². The number of nitrogens with one attached hydrogen (secondary N) is 1. The summed E-state index contributed by atoms with van der Waals surface area (Å²) < 4.78 is 11.6. The lowest BCUT2D eigenvalue weighted by atomic mass is 9.85. The number of rotatable bonds is 7. The predicted octanol–water partition coefficient (Wildman–Crippen LogP) is 3.58. The van der Waals surface area contributed by atoms with Crippen molar-refractivity contribution in [3.8, 4) is 11.6 Å². The Hall–Kier alpha value is -3.09. The van der Waals surface area contributed by atoms with Gasteiger partial charge in [0.25, 0.3) is 5.91 Å². The molecule has 4 rings (SSSR count). The minimum absolute atomic E-state index is 0.00959. The van der Waals surface area contributed by atoms with E-state index in [0.29, 0.717) is 30.4 Å². The third kappa shape index (κ3) is 5.75. The predicted molar refractivity (Wildman–Crippen MR) is 117 cm³/mol. The molecule has 2 aliphatic rings. The normalized spacial score (nSPS) is 17.0. The van der Waals surface area contributed by atoms with Gasteiger partial charge in [-0.2, -0.15) is 0 Å². The maximum absolute atomic E-state index is 12.4. The molecule has 0 atom stereocenters. The molecule has 7 nitrogen and oxygen atoms in total. The second-order valence-electron chi connectivity index (χ2n) is 8.31. The number of likely N-dealkylation sites (tertiary alicyclic amines) is 1. The molecule has 1 aliphatic carbocycles. The van der Waals surface area contributed by atoms with Crippen molar-refractivity contribution in [3.63, 3.8) is 0 Å². The lowest BCUT2D eigenvalue weighted by Gasteiger charge is -2.31. The van der Waals surface area contributed by atoms with Gasteiger partial charge in [0, 0.05) is 37.9 Å². The molecule has 164 valence electrons. The van der Waals surface area contributed by atoms with Crippen molar-refractivity contribution in [1.82, 2.24) is 9.88 Å². The van der Waals surface area contributed by atoms with E-state index in [1.54, 1.807) is 12.3 Å². The monoisotopic (exact) mass is 423 g/mol. The highest BCUT2D eigenvalue weighted by Gasteiger charge is 2.26. The number of piperidine rings is 1. The first-order valence-corrected chi connectivity index (χ1v) is 11.0. The molecule has 31 heavy (non-hydrogen) atoms. The summed E-state index contributed by atoms with van der Waals surface area (Å²) in [6, 6.07) is 11.3. The molecule has 1 aromatic heterocycles. The minimum Gasteiger partial charge on any atom is -0.484 e. The number of nitrogens with zero attached hydrogens (tertiary/aromatic N) is 2. The highest BCUT2D eigenvalue weighted by Crippen LogP contribution is 2.27. The van der Waals surface area contributed by atoms with Gasteiger partial charge in [0.05, 0.1) is 11.9 Å². The average molecular weight is 424 g/mol. The molecule has 0 unspecified atom stereocenters. The Morgan fingerprint density at radius 3 is 2.58 bits per heavy atom. The van der Waals surface area contributed by atoms with E-state index in [0.717, 1.165) is 37.7 Å². The zero-order chi connectivity index (χ0) is 21.6. The molecule has 7 heteroatoms. The number of hydrogen-bond acceptors (Lipinski definition) is 5. The number of aromatic nitrogens is 1. The maximum Gasteiger partial charge on any atom is 0.260 e. The van der Waals surface area contributed by atoms with Gasteiger partial charge in [-0.05, 0) is 43.5 Å². The number of amides is 2. The largest absolute Gasteiger partial charge is 0.484 e. The Labute approximate surface area is 182 Å². The Bertz CT molecular complexity index is 903. The van der Waals surface area contributed by atoms with Gasteiger partial charge in [-0.25, -0.2) is 4.98 Å². The lowest BCUT2D eigenvalue weighted by molar-refractivity contribution is -0.135. The lowest BCUT2D eigenvalue weighted by Crippen LogP contribution is -2.43. The fraction of sp³-hybridized carbons (Fsp3) is 0.458. The molecule has 1 aliphatic heterocycles. The number of ether oxygens (including phenoxy) is 2. The van der Waals surface area contributed by atoms with Gasteiger partial charge in [-0.15, -0.1) is 0 Å². The maximum atomic E-state index is 12.4. The summed E-state index contributed by atoms with van der Waals surface area (Å²) in [6.07, 6.45) is 6.22. The summed E-state index contributed by atoms with van der Waals surface area (Å²) in [7, 11) is 0. The van der Waals surface area contributed by atoms with Crippen molar-refractivity contribution in [1.29, 1.82) is 0 Å². The smallest absolute Gasteiger partial charge is 0.260 e. The highest BCUT2D eigenvalue weighted by molar-refractivity contribution is 5.92. The summed E-state index contributed by atoms with van der Waals surface area (Å²) in [5.41, 5.74) is 1.79. The first-order valence-electron chi connectivity index (χ1n) is 11.0. The number of anilines is 1. The van der Waals surface area contributed by atoms with Gasteiger partial charge < -0.3 is 19.7 Å². The van der Waals surface area contributed by atoms with Crippen molar-refractivity contribution in [2.75, 3.05) is 25.0 Å². The Kier molecular flexibility index (Phi) is 6.70. The molecule has 1 saturated heterocycles. The third-order valence-corrected chi connectivity index (χ3v) is 5.91. The fourth-order valence-corrected chi connectivity index (χ4v) is 3.77. The molecule has 2 heterocycles. The van der Waals surface area contributed by atoms with E-state index in [2.05, 4.69) is 10.3 Å². The molecule has 2 amide bonds. The average Bonchev–Trinajstić information content (AvgIpc) is 2.73. The molecule has 2 fully saturated rings. The quantitative estimate of drug-likeness (QED) is 0.736. The van der Waals surface area contributed by atoms with E-state index in [1.807, 2.05) is 42.2 Å². The minimum atomic E-state index is -0.00959. The summed E-state index contributed by atoms with van der Waals surface area (Å²) in [5.74, 6) is 1.46. The molecule has 0 radical (unpaired) electrons. The molecule has 0 spiro atoms. The molecule has 1 N–H and O–H groups in total. The van der Waals surface area contributed by atoms with Gasteiger partial charge in [0.15, 0.2) is 6.61 Å². The van der Waals surface area contributed by atoms with Crippen LogP contribution in [0.5, 0.6) is 11.6 Å². The van der Waals surface area contributed by atoms with E-state index >= 15 is 0 Å². The fourth-order valence-electron chi connectivity index (χ4n) is 3.77. The van der Waals surface area contributed by atoms with Crippen LogP contribution in [0.4, 0.5) is 5.69 Å². The van der Waals surface area contributed by atoms with E-state index in [1.165, 1.54) is 0 Å². The van der Waals surface area contributed by atoms with Gasteiger partial charge in [0.2, 0.25) is 11.8 Å². The van der Waals surface area contributed by atoms with Crippen LogP contribution >= 0.6 is 0 Å². The van der Waals surface area contributed by atoms with Crippen LogP contribution in [0, 0.1) is 12.8 Å². The van der Waals surface area contributed by atoms with Crippen LogP contribution in [0.3, 0.4) is 0 Å². The van der Waals surface area contributed by atoms with Gasteiger partial charge in [-0.3, -0.25) is 9.59 Å². The first kappa shape index (κ1) is 21.2. The van der Waals surface area contributed by atoms with Crippen molar-refractivity contribution in [2.24, 2.45) is 5.92 Å². The number of carbonyl (C=O) groups excluding carboxylic acids is 2. The summed E-state index contributed by atoms with van der Waals surface area (Å²) >= 11 is 0. The first-order chi connectivity index (χ1) is 15.1. The number of aryl methyl sites for hydroxylation is 1. The summed E-state index contributed by atoms with van der Waals surface area (Å²) in [5, 5.41) is 2.91. The topological polar surface area (TPSA) is 80.8 Å². The van der Waals surface area contributed by atoms with E-state index in [-0.39, 0.29) is 30.4 Å². The Morgan fingerprint density at radius 1 is 1.13 bits per heavy atom. The van der Waals surface area contributed by atoms with Crippen LogP contribution in [0.2, 0.25) is 0 Å². The SMILES string of the molecule is Cc1cccc(OCC(=O)N2CCC(Oc3ccc(NC(=O)C4CCC4)cn3)CC2)c1. The van der Waals surface area contributed by atoms with Crippen LogP contribution in [0.1, 0.15) is 37.7 Å². The number of pyridine rings is 1. The highest BCUT2D eigenvalue weighted by atomic mass is 16.5. The van der Waals surface area contributed by atoms with Gasteiger partial charge >= 0.3 is 0 Å². The van der Waals surface area contributed by atoms with Crippen molar-refractivity contribution < 1.29 is 19.1 Å².